The molecule has 8 heteroatoms. The molecule has 0 bridgehead atoms. The van der Waals surface area contributed by atoms with E-state index in [1.165, 1.54) is 0 Å². The van der Waals surface area contributed by atoms with Crippen LogP contribution in [0, 0.1) is 0 Å². The van der Waals surface area contributed by atoms with Gasteiger partial charge in [-0.05, 0) is 46.8 Å². The molecule has 0 saturated carbocycles. The number of rotatable bonds is 3. The highest BCUT2D eigenvalue weighted by molar-refractivity contribution is 6.30. The van der Waals surface area contributed by atoms with E-state index in [0.29, 0.717) is 23.1 Å². The maximum Gasteiger partial charge on any atom is 0.410 e. The number of pyridine rings is 2. The Bertz CT molecular complexity index is 855. The van der Waals surface area contributed by atoms with Crippen molar-refractivity contribution in [1.82, 2.24) is 14.9 Å². The van der Waals surface area contributed by atoms with E-state index in [0.717, 1.165) is 5.39 Å². The number of amides is 1. The van der Waals surface area contributed by atoms with Gasteiger partial charge in [0.05, 0.1) is 29.6 Å². The van der Waals surface area contributed by atoms with Crippen LogP contribution in [0.4, 0.5) is 4.79 Å². The second-order valence-corrected chi connectivity index (χ2v) is 8.35. The predicted molar refractivity (Wildman–Crippen MR) is 107 cm³/mol. The molecule has 1 saturated heterocycles. The first-order valence-corrected chi connectivity index (χ1v) is 9.71. The lowest BCUT2D eigenvalue weighted by molar-refractivity contribution is -0.117. The average molecular weight is 408 g/mol. The van der Waals surface area contributed by atoms with Crippen molar-refractivity contribution in [3.05, 3.63) is 29.5 Å². The Morgan fingerprint density at radius 3 is 2.86 bits per heavy atom. The maximum atomic E-state index is 12.6. The molecule has 2 aromatic heterocycles. The van der Waals surface area contributed by atoms with Crippen LogP contribution in [-0.2, 0) is 9.47 Å². The summed E-state index contributed by atoms with van der Waals surface area (Å²) in [4.78, 5) is 22.8. The Morgan fingerprint density at radius 1 is 1.39 bits per heavy atom. The first kappa shape index (κ1) is 20.6. The SMILES string of the molecule is C[C@H]1O[C@H](COc2nc(Cl)cc3ncccc23)CN(C(=O)OC(C)(C)C)[C@H]1C. The Kier molecular flexibility index (Phi) is 5.95. The zero-order valence-electron chi connectivity index (χ0n) is 16.8. The van der Waals surface area contributed by atoms with E-state index >= 15 is 0 Å². The molecule has 1 amide bonds. The molecule has 0 unspecified atom stereocenters. The summed E-state index contributed by atoms with van der Waals surface area (Å²) in [5.74, 6) is 0.397. The molecule has 1 aliphatic heterocycles. The van der Waals surface area contributed by atoms with Crippen molar-refractivity contribution in [3.8, 4) is 5.88 Å². The van der Waals surface area contributed by atoms with Crippen LogP contribution in [-0.4, -0.2) is 58.0 Å². The summed E-state index contributed by atoms with van der Waals surface area (Å²) in [6, 6.07) is 5.28. The van der Waals surface area contributed by atoms with Crippen LogP contribution in [0.25, 0.3) is 10.9 Å². The van der Waals surface area contributed by atoms with E-state index in [1.807, 2.05) is 46.8 Å². The molecular weight excluding hydrogens is 382 g/mol. The fourth-order valence-electron chi connectivity index (χ4n) is 3.05. The summed E-state index contributed by atoms with van der Waals surface area (Å²) in [5.41, 5.74) is 0.153. The van der Waals surface area contributed by atoms with E-state index in [-0.39, 0.29) is 30.9 Å². The Morgan fingerprint density at radius 2 is 2.14 bits per heavy atom. The molecule has 3 atom stereocenters. The lowest BCUT2D eigenvalue weighted by atomic mass is 10.1. The van der Waals surface area contributed by atoms with Gasteiger partial charge in [-0.2, -0.15) is 0 Å². The number of ether oxygens (including phenoxy) is 3. The molecule has 7 nitrogen and oxygen atoms in total. The van der Waals surface area contributed by atoms with Crippen molar-refractivity contribution >= 4 is 28.6 Å². The van der Waals surface area contributed by atoms with Crippen molar-refractivity contribution in [1.29, 1.82) is 0 Å². The predicted octanol–water partition coefficient (Wildman–Crippen LogP) is 4.07. The summed E-state index contributed by atoms with van der Waals surface area (Å²) in [6.45, 7) is 10.0. The second-order valence-electron chi connectivity index (χ2n) is 7.97. The lowest BCUT2D eigenvalue weighted by Gasteiger charge is -2.42. The van der Waals surface area contributed by atoms with E-state index in [9.17, 15) is 4.79 Å². The van der Waals surface area contributed by atoms with Crippen LogP contribution in [0.15, 0.2) is 24.4 Å². The summed E-state index contributed by atoms with van der Waals surface area (Å²) < 4.78 is 17.5. The number of halogens is 1. The van der Waals surface area contributed by atoms with Gasteiger partial charge >= 0.3 is 6.09 Å². The van der Waals surface area contributed by atoms with E-state index < -0.39 is 5.60 Å². The normalized spacial score (nSPS) is 22.9. The molecule has 1 fully saturated rings. The van der Waals surface area contributed by atoms with Crippen LogP contribution in [0.1, 0.15) is 34.6 Å². The summed E-state index contributed by atoms with van der Waals surface area (Å²) in [7, 11) is 0. The van der Waals surface area contributed by atoms with Crippen molar-refractivity contribution in [2.75, 3.05) is 13.2 Å². The topological polar surface area (TPSA) is 73.8 Å². The minimum Gasteiger partial charge on any atom is -0.474 e. The van der Waals surface area contributed by atoms with Crippen molar-refractivity contribution in [3.63, 3.8) is 0 Å². The fourth-order valence-corrected chi connectivity index (χ4v) is 3.23. The number of aromatic nitrogens is 2. The summed E-state index contributed by atoms with van der Waals surface area (Å²) in [6.07, 6.45) is 0.872. The van der Waals surface area contributed by atoms with Gasteiger partial charge in [0.2, 0.25) is 5.88 Å². The summed E-state index contributed by atoms with van der Waals surface area (Å²) >= 11 is 6.08. The average Bonchev–Trinajstić information content (AvgIpc) is 2.60. The zero-order valence-corrected chi connectivity index (χ0v) is 17.6. The van der Waals surface area contributed by atoms with Gasteiger partial charge in [-0.1, -0.05) is 11.6 Å². The quantitative estimate of drug-likeness (QED) is 0.714. The fraction of sp³-hybridized carbons (Fsp3) is 0.550. The number of hydrogen-bond donors (Lipinski definition) is 0. The highest BCUT2D eigenvalue weighted by Gasteiger charge is 2.37. The highest BCUT2D eigenvalue weighted by atomic mass is 35.5. The molecule has 0 spiro atoms. The van der Waals surface area contributed by atoms with Crippen LogP contribution in [0.5, 0.6) is 5.88 Å². The molecule has 2 aromatic rings. The monoisotopic (exact) mass is 407 g/mol. The molecule has 0 radical (unpaired) electrons. The van der Waals surface area contributed by atoms with E-state index in [2.05, 4.69) is 9.97 Å². The minimum absolute atomic E-state index is 0.0968. The third-order valence-corrected chi connectivity index (χ3v) is 4.74. The largest absolute Gasteiger partial charge is 0.474 e. The molecule has 28 heavy (non-hydrogen) atoms. The first-order chi connectivity index (χ1) is 13.1. The van der Waals surface area contributed by atoms with Gasteiger partial charge in [0.1, 0.15) is 23.5 Å². The molecule has 0 aliphatic carbocycles. The van der Waals surface area contributed by atoms with Gasteiger partial charge in [0.25, 0.3) is 0 Å². The Hall–Kier alpha value is -2.12. The Labute approximate surface area is 169 Å². The summed E-state index contributed by atoms with van der Waals surface area (Å²) in [5, 5.41) is 1.08. The van der Waals surface area contributed by atoms with Gasteiger partial charge in [0, 0.05) is 12.3 Å². The molecule has 3 rings (SSSR count). The molecule has 0 aromatic carbocycles. The van der Waals surface area contributed by atoms with Gasteiger partial charge < -0.3 is 19.1 Å². The highest BCUT2D eigenvalue weighted by Crippen LogP contribution is 2.26. The molecule has 1 aliphatic rings. The maximum absolute atomic E-state index is 12.6. The van der Waals surface area contributed by atoms with E-state index in [4.69, 9.17) is 25.8 Å². The third kappa shape index (κ3) is 4.83. The first-order valence-electron chi connectivity index (χ1n) is 9.33. The molecule has 152 valence electrons. The van der Waals surface area contributed by atoms with Crippen molar-refractivity contribution in [2.45, 2.75) is 58.5 Å². The number of nitrogens with zero attached hydrogens (tertiary/aromatic N) is 3. The van der Waals surface area contributed by atoms with Crippen LogP contribution in [0.3, 0.4) is 0 Å². The minimum atomic E-state index is -0.555. The second kappa shape index (κ2) is 8.09. The molecular formula is C20H26ClN3O4. The van der Waals surface area contributed by atoms with Crippen molar-refractivity contribution < 1.29 is 19.0 Å². The number of carbonyl (C=O) groups is 1. The standard InChI is InChI=1S/C20H26ClN3O4/c1-12-13(2)27-14(10-24(12)19(25)28-20(3,4)5)11-26-18-15-7-6-8-22-16(15)9-17(21)23-18/h6-9,12-14H,10-11H2,1-5H3/t12-,13+,14-/m0/s1. The smallest absolute Gasteiger partial charge is 0.410 e. The van der Waals surface area contributed by atoms with Gasteiger partial charge in [-0.25, -0.2) is 9.78 Å². The lowest BCUT2D eigenvalue weighted by Crippen LogP contribution is -2.57. The van der Waals surface area contributed by atoms with Gasteiger partial charge in [0.15, 0.2) is 0 Å². The van der Waals surface area contributed by atoms with Crippen LogP contribution < -0.4 is 4.74 Å². The number of morpholine rings is 1. The van der Waals surface area contributed by atoms with Gasteiger partial charge in [-0.3, -0.25) is 4.98 Å². The van der Waals surface area contributed by atoms with Crippen molar-refractivity contribution in [2.24, 2.45) is 0 Å². The van der Waals surface area contributed by atoms with Crippen LogP contribution >= 0.6 is 11.6 Å². The Balaban J connectivity index is 1.72. The third-order valence-electron chi connectivity index (χ3n) is 4.55. The van der Waals surface area contributed by atoms with Gasteiger partial charge in [-0.15, -0.1) is 0 Å². The molecule has 0 N–H and O–H groups in total. The number of fused-ring (bicyclic) bond motifs is 1. The number of hydrogen-bond acceptors (Lipinski definition) is 6. The van der Waals surface area contributed by atoms with Crippen LogP contribution in [0.2, 0.25) is 5.15 Å². The molecule has 3 heterocycles. The number of carbonyl (C=O) groups excluding carboxylic acids is 1. The zero-order chi connectivity index (χ0) is 20.5. The van der Waals surface area contributed by atoms with E-state index in [1.54, 1.807) is 17.2 Å².